The molecule has 8 heteroatoms. The minimum Gasteiger partial charge on any atom is -0.508 e. The Hall–Kier alpha value is -2.22. The summed E-state index contributed by atoms with van der Waals surface area (Å²) in [4.78, 5) is 25.5. The summed E-state index contributed by atoms with van der Waals surface area (Å²) in [6, 6.07) is 10.9. The number of anilines is 1. The number of phenols is 1. The molecule has 0 spiro atoms. The molecule has 3 rings (SSSR count). The van der Waals surface area contributed by atoms with Gasteiger partial charge < -0.3 is 15.3 Å². The highest BCUT2D eigenvalue weighted by atomic mass is 35.5. The van der Waals surface area contributed by atoms with Crippen LogP contribution in [-0.4, -0.2) is 39.8 Å². The monoisotopic (exact) mass is 379 g/mol. The predicted octanol–water partition coefficient (Wildman–Crippen LogP) is 2.67. The Bertz CT molecular complexity index is 826. The zero-order chi connectivity index (χ0) is 18.1. The van der Waals surface area contributed by atoms with Gasteiger partial charge in [0, 0.05) is 9.92 Å². The molecule has 3 N–H and O–H groups in total. The number of nitrogens with zero attached hydrogens (tertiary/aromatic N) is 1. The lowest BCUT2D eigenvalue weighted by Crippen LogP contribution is -2.43. The Morgan fingerprint density at radius 1 is 1.20 bits per heavy atom. The number of aliphatic hydroxyl groups is 1. The third kappa shape index (κ3) is 3.58. The van der Waals surface area contributed by atoms with E-state index < -0.39 is 29.8 Å². The summed E-state index contributed by atoms with van der Waals surface area (Å²) in [5.74, 6) is -1.82. The third-order valence-electron chi connectivity index (χ3n) is 3.79. The minimum atomic E-state index is -1.44. The number of hydrogen-bond acceptors (Lipinski definition) is 5. The Morgan fingerprint density at radius 2 is 1.88 bits per heavy atom. The van der Waals surface area contributed by atoms with Crippen molar-refractivity contribution in [2.24, 2.45) is 0 Å². The molecule has 25 heavy (non-hydrogen) atoms. The van der Waals surface area contributed by atoms with Gasteiger partial charge in [-0.25, -0.2) is 0 Å². The fraction of sp³-hybridized carbons (Fsp3) is 0.176. The third-order valence-corrected chi connectivity index (χ3v) is 5.39. The van der Waals surface area contributed by atoms with Crippen molar-refractivity contribution >= 4 is 40.9 Å². The van der Waals surface area contributed by atoms with Crippen molar-refractivity contribution in [3.63, 3.8) is 0 Å². The average molecular weight is 380 g/mol. The summed E-state index contributed by atoms with van der Waals surface area (Å²) in [6.45, 7) is -0.562. The summed E-state index contributed by atoms with van der Waals surface area (Å²) < 4.78 is 0. The van der Waals surface area contributed by atoms with E-state index in [1.165, 1.54) is 23.9 Å². The smallest absolute Gasteiger partial charge is 0.323 e. The number of phenolic OH excluding ortho intramolecular Hbond substituents is 1. The van der Waals surface area contributed by atoms with Gasteiger partial charge in [0.2, 0.25) is 0 Å². The van der Waals surface area contributed by atoms with E-state index in [0.717, 1.165) is 4.90 Å². The van der Waals surface area contributed by atoms with Crippen molar-refractivity contribution in [3.05, 3.63) is 53.1 Å². The van der Waals surface area contributed by atoms with Crippen LogP contribution in [0.15, 0.2) is 47.4 Å². The van der Waals surface area contributed by atoms with Gasteiger partial charge >= 0.3 is 5.97 Å². The number of benzene rings is 2. The van der Waals surface area contributed by atoms with E-state index >= 15 is 0 Å². The van der Waals surface area contributed by atoms with Gasteiger partial charge in [-0.2, -0.15) is 0 Å². The molecule has 2 aromatic rings. The number of carboxylic acids is 1. The second-order valence-electron chi connectivity index (χ2n) is 5.50. The second-order valence-corrected chi connectivity index (χ2v) is 7.12. The van der Waals surface area contributed by atoms with Crippen LogP contribution in [0, 0.1) is 0 Å². The molecule has 2 atom stereocenters. The van der Waals surface area contributed by atoms with E-state index in [-0.39, 0.29) is 5.75 Å². The van der Waals surface area contributed by atoms with Gasteiger partial charge in [0.05, 0.1) is 10.9 Å². The molecule has 1 amide bonds. The first kappa shape index (κ1) is 17.6. The highest BCUT2D eigenvalue weighted by molar-refractivity contribution is 7.99. The van der Waals surface area contributed by atoms with E-state index in [1.807, 2.05) is 0 Å². The Kier molecular flexibility index (Phi) is 4.89. The molecule has 0 saturated heterocycles. The molecule has 0 bridgehead atoms. The molecule has 0 saturated carbocycles. The van der Waals surface area contributed by atoms with Crippen molar-refractivity contribution in [1.82, 2.24) is 0 Å². The molecule has 1 aliphatic rings. The highest BCUT2D eigenvalue weighted by Crippen LogP contribution is 2.46. The van der Waals surface area contributed by atoms with Gasteiger partial charge in [-0.15, -0.1) is 11.8 Å². The second kappa shape index (κ2) is 6.95. The number of carboxylic acid groups (broad SMARTS) is 1. The van der Waals surface area contributed by atoms with E-state index in [4.69, 9.17) is 16.7 Å². The van der Waals surface area contributed by atoms with Crippen LogP contribution in [0.2, 0.25) is 5.02 Å². The number of rotatable bonds is 3. The number of thioether (sulfide) groups is 1. The van der Waals surface area contributed by atoms with Gasteiger partial charge in [-0.1, -0.05) is 23.7 Å². The van der Waals surface area contributed by atoms with Crippen molar-refractivity contribution in [2.75, 3.05) is 11.4 Å². The first-order chi connectivity index (χ1) is 11.9. The van der Waals surface area contributed by atoms with Crippen LogP contribution < -0.4 is 4.90 Å². The summed E-state index contributed by atoms with van der Waals surface area (Å²) in [7, 11) is 0. The van der Waals surface area contributed by atoms with Crippen LogP contribution in [0.3, 0.4) is 0 Å². The lowest BCUT2D eigenvalue weighted by atomic mass is 10.1. The first-order valence-corrected chi connectivity index (χ1v) is 8.59. The van der Waals surface area contributed by atoms with Crippen molar-refractivity contribution in [1.29, 1.82) is 0 Å². The summed E-state index contributed by atoms with van der Waals surface area (Å²) in [5, 5.41) is 28.9. The summed E-state index contributed by atoms with van der Waals surface area (Å²) in [6.07, 6.45) is -1.44. The minimum absolute atomic E-state index is 0.0686. The zero-order valence-electron chi connectivity index (χ0n) is 12.8. The molecule has 0 unspecified atom stereocenters. The number of amides is 1. The fourth-order valence-corrected chi connectivity index (χ4v) is 4.17. The quantitative estimate of drug-likeness (QED) is 0.758. The number of halogens is 1. The number of aliphatic hydroxyl groups excluding tert-OH is 1. The molecule has 130 valence electrons. The number of hydrogen-bond donors (Lipinski definition) is 3. The Morgan fingerprint density at radius 3 is 2.52 bits per heavy atom. The van der Waals surface area contributed by atoms with Crippen LogP contribution in [0.5, 0.6) is 5.75 Å². The number of carbonyl (C=O) groups is 2. The lowest BCUT2D eigenvalue weighted by molar-refractivity contribution is -0.137. The standard InChI is InChI=1S/C17H14ClNO5S/c18-10-3-6-12-13(7-10)25-16(9-1-4-11(20)5-2-9)15(23)17(24)19(12)8-14(21)22/h1-7,15-16,20,23H,8H2,(H,21,22)/t15-,16+/m1/s1. The van der Waals surface area contributed by atoms with Crippen LogP contribution in [0.1, 0.15) is 10.8 Å². The SMILES string of the molecule is O=C(O)CN1C(=O)[C@H](O)[C@H](c2ccc(O)cc2)Sc2cc(Cl)ccc21. The molecule has 0 aliphatic carbocycles. The van der Waals surface area contributed by atoms with Gasteiger partial charge in [0.25, 0.3) is 5.91 Å². The number of fused-ring (bicyclic) bond motifs is 1. The normalized spacial score (nSPS) is 20.1. The van der Waals surface area contributed by atoms with Crippen LogP contribution in [0.25, 0.3) is 0 Å². The van der Waals surface area contributed by atoms with Gasteiger partial charge in [-0.3, -0.25) is 14.5 Å². The number of aliphatic carboxylic acids is 1. The van der Waals surface area contributed by atoms with Crippen LogP contribution in [0.4, 0.5) is 5.69 Å². The van der Waals surface area contributed by atoms with Gasteiger partial charge in [-0.05, 0) is 35.9 Å². The first-order valence-electron chi connectivity index (χ1n) is 7.33. The highest BCUT2D eigenvalue weighted by Gasteiger charge is 2.38. The largest absolute Gasteiger partial charge is 0.508 e. The maximum atomic E-state index is 12.7. The van der Waals surface area contributed by atoms with E-state index in [1.54, 1.807) is 30.3 Å². The van der Waals surface area contributed by atoms with Crippen LogP contribution >= 0.6 is 23.4 Å². The van der Waals surface area contributed by atoms with Crippen molar-refractivity contribution in [3.8, 4) is 5.75 Å². The van der Waals surface area contributed by atoms with Crippen LogP contribution in [-0.2, 0) is 9.59 Å². The van der Waals surface area contributed by atoms with Crippen molar-refractivity contribution < 1.29 is 24.9 Å². The molecule has 0 radical (unpaired) electrons. The molecule has 2 aromatic carbocycles. The van der Waals surface area contributed by atoms with Gasteiger partial charge in [0.15, 0.2) is 0 Å². The maximum Gasteiger partial charge on any atom is 0.323 e. The number of carbonyl (C=O) groups excluding carboxylic acids is 1. The van der Waals surface area contributed by atoms with Gasteiger partial charge in [0.1, 0.15) is 18.4 Å². The molecular formula is C17H14ClNO5S. The Balaban J connectivity index is 2.09. The number of aromatic hydroxyl groups is 1. The predicted molar refractivity (Wildman–Crippen MR) is 94.2 cm³/mol. The summed E-state index contributed by atoms with van der Waals surface area (Å²) in [5.41, 5.74) is 1.02. The maximum absolute atomic E-state index is 12.7. The average Bonchev–Trinajstić information content (AvgIpc) is 2.66. The Labute approximate surface area is 152 Å². The zero-order valence-corrected chi connectivity index (χ0v) is 14.4. The molecular weight excluding hydrogens is 366 g/mol. The summed E-state index contributed by atoms with van der Waals surface area (Å²) >= 11 is 7.26. The topological polar surface area (TPSA) is 98.1 Å². The molecule has 0 fully saturated rings. The molecule has 1 aliphatic heterocycles. The molecule has 1 heterocycles. The van der Waals surface area contributed by atoms with E-state index in [2.05, 4.69) is 0 Å². The lowest BCUT2D eigenvalue weighted by Gasteiger charge is -2.23. The van der Waals surface area contributed by atoms with E-state index in [9.17, 15) is 19.8 Å². The molecule has 6 nitrogen and oxygen atoms in total. The van der Waals surface area contributed by atoms with Crippen molar-refractivity contribution in [2.45, 2.75) is 16.2 Å². The fourth-order valence-electron chi connectivity index (χ4n) is 2.63. The molecule has 0 aromatic heterocycles. The van der Waals surface area contributed by atoms with E-state index in [0.29, 0.717) is 21.2 Å².